The molecule has 0 heterocycles. The second kappa shape index (κ2) is 11.1. The van der Waals surface area contributed by atoms with Crippen LogP contribution in [0, 0.1) is 0 Å². The van der Waals surface area contributed by atoms with Crippen molar-refractivity contribution in [2.75, 3.05) is 46.5 Å². The van der Waals surface area contributed by atoms with E-state index < -0.39 is 0 Å². The lowest BCUT2D eigenvalue weighted by molar-refractivity contribution is 0.0838. The van der Waals surface area contributed by atoms with Crippen molar-refractivity contribution in [3.8, 4) is 0 Å². The third-order valence-corrected chi connectivity index (χ3v) is 2.43. The van der Waals surface area contributed by atoms with Crippen LogP contribution in [0.4, 0.5) is 0 Å². The van der Waals surface area contributed by atoms with Gasteiger partial charge < -0.3 is 15.2 Å². The van der Waals surface area contributed by atoms with Crippen LogP contribution in [0.1, 0.15) is 13.3 Å². The number of nitrogens with one attached hydrogen (secondary N) is 1. The van der Waals surface area contributed by atoms with E-state index in [1.165, 1.54) is 0 Å². The second-order valence-corrected chi connectivity index (χ2v) is 3.82. The normalized spacial score (nSPS) is 13.0. The van der Waals surface area contributed by atoms with Crippen molar-refractivity contribution >= 4 is 0 Å². The monoisotopic (exact) mass is 230 g/mol. The summed E-state index contributed by atoms with van der Waals surface area (Å²) in [5.74, 6) is 0. The van der Waals surface area contributed by atoms with Crippen molar-refractivity contribution in [3.63, 3.8) is 0 Å². The Morgan fingerprint density at radius 3 is 2.81 bits per heavy atom. The van der Waals surface area contributed by atoms with Gasteiger partial charge in [-0.1, -0.05) is 13.0 Å². The van der Waals surface area contributed by atoms with Gasteiger partial charge in [-0.05, 0) is 13.0 Å². The summed E-state index contributed by atoms with van der Waals surface area (Å²) in [6.07, 6.45) is 2.99. The predicted octanol–water partition coefficient (Wildman–Crippen LogP) is 0.481. The Balaban J connectivity index is 4.13. The van der Waals surface area contributed by atoms with Crippen molar-refractivity contribution in [3.05, 3.63) is 12.7 Å². The largest absolute Gasteiger partial charge is 0.395 e. The molecular formula is C12H26N2O2. The smallest absolute Gasteiger partial charge is 0.0630 e. The maximum absolute atomic E-state index is 9.01. The molecule has 4 nitrogen and oxygen atoms in total. The molecule has 0 amide bonds. The molecule has 0 saturated carbocycles. The van der Waals surface area contributed by atoms with Gasteiger partial charge in [0.05, 0.1) is 13.2 Å². The van der Waals surface area contributed by atoms with Crippen molar-refractivity contribution in [2.45, 2.75) is 19.4 Å². The van der Waals surface area contributed by atoms with Gasteiger partial charge in [-0.3, -0.25) is 4.90 Å². The topological polar surface area (TPSA) is 44.7 Å². The van der Waals surface area contributed by atoms with Crippen LogP contribution in [0.5, 0.6) is 0 Å². The molecule has 0 aliphatic heterocycles. The van der Waals surface area contributed by atoms with Crippen molar-refractivity contribution in [2.24, 2.45) is 0 Å². The molecule has 2 N–H and O–H groups in total. The van der Waals surface area contributed by atoms with Crippen LogP contribution in [0.25, 0.3) is 0 Å². The minimum atomic E-state index is 0.168. The highest BCUT2D eigenvalue weighted by Gasteiger charge is 2.16. The van der Waals surface area contributed by atoms with Gasteiger partial charge in [0.15, 0.2) is 0 Å². The summed E-state index contributed by atoms with van der Waals surface area (Å²) in [6, 6.07) is 0.293. The average Bonchev–Trinajstić information content (AvgIpc) is 2.28. The van der Waals surface area contributed by atoms with Crippen LogP contribution >= 0.6 is 0 Å². The van der Waals surface area contributed by atoms with E-state index in [0.29, 0.717) is 19.2 Å². The first-order chi connectivity index (χ1) is 7.79. The molecule has 0 spiro atoms. The highest BCUT2D eigenvalue weighted by atomic mass is 16.5. The van der Waals surface area contributed by atoms with Gasteiger partial charge in [-0.15, -0.1) is 6.58 Å². The number of hydrogen-bond acceptors (Lipinski definition) is 4. The fourth-order valence-electron chi connectivity index (χ4n) is 1.65. The average molecular weight is 230 g/mol. The molecule has 0 aromatic heterocycles. The molecule has 0 aliphatic rings. The number of aliphatic hydroxyl groups is 1. The first-order valence-electron chi connectivity index (χ1n) is 5.95. The standard InChI is InChI=1S/C12H26N2O2/c1-4-6-13-10-12(11-16-3)14(7-5-2)8-9-15/h5,12-13,15H,2,4,6-11H2,1,3H3. The second-order valence-electron chi connectivity index (χ2n) is 3.82. The van der Waals surface area contributed by atoms with Gasteiger partial charge in [-0.25, -0.2) is 0 Å². The van der Waals surface area contributed by atoms with E-state index in [2.05, 4.69) is 23.7 Å². The van der Waals surface area contributed by atoms with Crippen LogP contribution in [0.15, 0.2) is 12.7 Å². The minimum Gasteiger partial charge on any atom is -0.395 e. The summed E-state index contributed by atoms with van der Waals surface area (Å²) < 4.78 is 5.21. The Hall–Kier alpha value is -0.420. The molecule has 0 aliphatic carbocycles. The third-order valence-electron chi connectivity index (χ3n) is 2.43. The lowest BCUT2D eigenvalue weighted by Crippen LogP contribution is -2.46. The molecule has 0 aromatic rings. The summed E-state index contributed by atoms with van der Waals surface area (Å²) in [7, 11) is 1.71. The number of hydrogen-bond donors (Lipinski definition) is 2. The first kappa shape index (κ1) is 15.6. The van der Waals surface area contributed by atoms with E-state index in [1.54, 1.807) is 7.11 Å². The predicted molar refractivity (Wildman–Crippen MR) is 67.7 cm³/mol. The molecule has 0 saturated heterocycles. The zero-order valence-electron chi connectivity index (χ0n) is 10.6. The molecule has 16 heavy (non-hydrogen) atoms. The van der Waals surface area contributed by atoms with Gasteiger partial charge in [0.1, 0.15) is 0 Å². The fourth-order valence-corrected chi connectivity index (χ4v) is 1.65. The van der Waals surface area contributed by atoms with E-state index >= 15 is 0 Å². The van der Waals surface area contributed by atoms with Crippen molar-refractivity contribution in [1.82, 2.24) is 10.2 Å². The molecule has 0 aromatic carbocycles. The molecular weight excluding hydrogens is 204 g/mol. The highest BCUT2D eigenvalue weighted by Crippen LogP contribution is 1.99. The maximum Gasteiger partial charge on any atom is 0.0630 e. The number of rotatable bonds is 11. The van der Waals surface area contributed by atoms with E-state index in [4.69, 9.17) is 9.84 Å². The summed E-state index contributed by atoms with van der Waals surface area (Å²) >= 11 is 0. The van der Waals surface area contributed by atoms with Crippen molar-refractivity contribution in [1.29, 1.82) is 0 Å². The summed E-state index contributed by atoms with van der Waals surface area (Å²) in [5.41, 5.74) is 0. The van der Waals surface area contributed by atoms with Gasteiger partial charge in [0.2, 0.25) is 0 Å². The molecule has 0 fully saturated rings. The van der Waals surface area contributed by atoms with E-state index in [-0.39, 0.29) is 6.61 Å². The zero-order valence-corrected chi connectivity index (χ0v) is 10.6. The van der Waals surface area contributed by atoms with Gasteiger partial charge >= 0.3 is 0 Å². The van der Waals surface area contributed by atoms with Crippen LogP contribution in [-0.2, 0) is 4.74 Å². The van der Waals surface area contributed by atoms with Crippen LogP contribution in [-0.4, -0.2) is 62.6 Å². The Bertz CT molecular complexity index is 165. The van der Waals surface area contributed by atoms with Crippen LogP contribution in [0.3, 0.4) is 0 Å². The van der Waals surface area contributed by atoms with Gasteiger partial charge in [-0.2, -0.15) is 0 Å². The van der Waals surface area contributed by atoms with Crippen molar-refractivity contribution < 1.29 is 9.84 Å². The SMILES string of the molecule is C=CCN(CCO)C(CNCCC)COC. The maximum atomic E-state index is 9.01. The Kier molecular flexibility index (Phi) is 10.8. The van der Waals surface area contributed by atoms with E-state index in [0.717, 1.165) is 26.1 Å². The molecule has 0 radical (unpaired) electrons. The third kappa shape index (κ3) is 6.95. The van der Waals surface area contributed by atoms with E-state index in [9.17, 15) is 0 Å². The molecule has 96 valence electrons. The number of nitrogens with zero attached hydrogens (tertiary/aromatic N) is 1. The summed E-state index contributed by atoms with van der Waals surface area (Å²) in [5, 5.41) is 12.4. The van der Waals surface area contributed by atoms with Crippen LogP contribution in [0.2, 0.25) is 0 Å². The lowest BCUT2D eigenvalue weighted by atomic mass is 10.2. The number of aliphatic hydroxyl groups excluding tert-OH is 1. The number of methoxy groups -OCH3 is 1. The first-order valence-corrected chi connectivity index (χ1v) is 5.95. The minimum absolute atomic E-state index is 0.168. The van der Waals surface area contributed by atoms with E-state index in [1.807, 2.05) is 6.08 Å². The molecule has 0 bridgehead atoms. The van der Waals surface area contributed by atoms with Crippen LogP contribution < -0.4 is 5.32 Å². The fraction of sp³-hybridized carbons (Fsp3) is 0.833. The summed E-state index contributed by atoms with van der Waals surface area (Å²) in [6.45, 7) is 10.1. The summed E-state index contributed by atoms with van der Waals surface area (Å²) in [4.78, 5) is 2.18. The zero-order chi connectivity index (χ0) is 12.2. The molecule has 0 rings (SSSR count). The molecule has 1 atom stereocenters. The lowest BCUT2D eigenvalue weighted by Gasteiger charge is -2.30. The Morgan fingerprint density at radius 2 is 2.31 bits per heavy atom. The Labute approximate surface area is 99.3 Å². The Morgan fingerprint density at radius 1 is 1.56 bits per heavy atom. The quantitative estimate of drug-likeness (QED) is 0.400. The number of ether oxygens (including phenoxy) is 1. The highest BCUT2D eigenvalue weighted by molar-refractivity contribution is 4.80. The van der Waals surface area contributed by atoms with Gasteiger partial charge in [0, 0.05) is 32.8 Å². The molecule has 4 heteroatoms. The molecule has 1 unspecified atom stereocenters. The van der Waals surface area contributed by atoms with Gasteiger partial charge in [0.25, 0.3) is 0 Å².